The van der Waals surface area contributed by atoms with E-state index in [-0.39, 0.29) is 67.1 Å². The summed E-state index contributed by atoms with van der Waals surface area (Å²) < 4.78 is 40.9. The Morgan fingerprint density at radius 1 is 0.917 bits per heavy atom. The number of nitrogens with zero attached hydrogens (tertiary/aromatic N) is 2. The second kappa shape index (κ2) is 9.69. The van der Waals surface area contributed by atoms with Gasteiger partial charge in [-0.2, -0.15) is 0 Å². The quantitative estimate of drug-likeness (QED) is 0.485. The maximum atomic E-state index is 14.1. The average Bonchev–Trinajstić information content (AvgIpc) is 3.31. The lowest BCUT2D eigenvalue weighted by molar-refractivity contribution is -0.139. The maximum absolute atomic E-state index is 14.1. The molecule has 3 saturated heterocycles. The monoisotopic (exact) mass is 499 g/mol. The zero-order chi connectivity index (χ0) is 25.6. The number of likely N-dealkylation sites (tertiary alicyclic amines) is 1. The van der Waals surface area contributed by atoms with E-state index in [1.54, 1.807) is 24.3 Å². The van der Waals surface area contributed by atoms with Crippen LogP contribution in [0.3, 0.4) is 0 Å². The fraction of sp³-hybridized carbons (Fsp3) is 0.444. The van der Waals surface area contributed by atoms with E-state index in [1.807, 2.05) is 4.90 Å². The number of amides is 3. The van der Waals surface area contributed by atoms with Crippen molar-refractivity contribution in [3.8, 4) is 0 Å². The van der Waals surface area contributed by atoms with Gasteiger partial charge < -0.3 is 10.6 Å². The van der Waals surface area contributed by atoms with Crippen LogP contribution in [-0.2, 0) is 22.6 Å². The SMILES string of the molecule is N[C@H](Cc1cc(F)c(F)cc1F)C1C[C@H]2CC[C@@H](C1)N2C(=O)c1ccc(CN2C(=O)CCC2=O)cc1. The molecule has 3 aliphatic rings. The Morgan fingerprint density at radius 3 is 2.11 bits per heavy atom. The second-order valence-electron chi connectivity index (χ2n) is 10.1. The number of hydrogen-bond donors (Lipinski definition) is 1. The van der Waals surface area contributed by atoms with Crippen molar-refractivity contribution in [2.45, 2.75) is 69.6 Å². The molecule has 0 spiro atoms. The largest absolute Gasteiger partial charge is 0.333 e. The first kappa shape index (κ1) is 24.5. The maximum Gasteiger partial charge on any atom is 0.254 e. The van der Waals surface area contributed by atoms with Crippen LogP contribution in [0.5, 0.6) is 0 Å². The van der Waals surface area contributed by atoms with Gasteiger partial charge in [0, 0.05) is 42.6 Å². The molecule has 2 aromatic carbocycles. The second-order valence-corrected chi connectivity index (χ2v) is 10.1. The Morgan fingerprint density at radius 2 is 1.50 bits per heavy atom. The van der Waals surface area contributed by atoms with E-state index < -0.39 is 23.5 Å². The molecule has 5 rings (SSSR count). The van der Waals surface area contributed by atoms with E-state index in [9.17, 15) is 27.6 Å². The number of nitrogens with two attached hydrogens (primary N) is 1. The standard InChI is InChI=1S/C27H28F3N3O3/c28-21-13-23(30)22(29)11-17(21)12-24(31)18-9-19-5-6-20(10-18)33(19)27(36)16-3-1-15(2-4-16)14-32-25(34)7-8-26(32)35/h1-4,11,13,18-20,24H,5-10,12,14,31H2/t18?,19-,20+,24-/m1/s1. The normalized spacial score (nSPS) is 24.5. The van der Waals surface area contributed by atoms with Crippen molar-refractivity contribution in [2.75, 3.05) is 0 Å². The number of carbonyl (C=O) groups is 3. The highest BCUT2D eigenvalue weighted by atomic mass is 19.2. The van der Waals surface area contributed by atoms with Crippen molar-refractivity contribution in [1.82, 2.24) is 9.80 Å². The topological polar surface area (TPSA) is 83.7 Å². The summed E-state index contributed by atoms with van der Waals surface area (Å²) in [7, 11) is 0. The number of halogens is 3. The number of imide groups is 1. The third kappa shape index (κ3) is 4.64. The van der Waals surface area contributed by atoms with Gasteiger partial charge in [0.1, 0.15) is 5.82 Å². The number of benzene rings is 2. The third-order valence-corrected chi connectivity index (χ3v) is 7.85. The molecule has 2 bridgehead atoms. The molecule has 3 fully saturated rings. The van der Waals surface area contributed by atoms with Crippen molar-refractivity contribution in [1.29, 1.82) is 0 Å². The molecule has 190 valence electrons. The fourth-order valence-electron chi connectivity index (χ4n) is 5.92. The Bertz CT molecular complexity index is 1170. The number of piperidine rings is 1. The van der Waals surface area contributed by atoms with Crippen LogP contribution in [0.2, 0.25) is 0 Å². The van der Waals surface area contributed by atoms with Crippen LogP contribution < -0.4 is 5.73 Å². The Labute approximate surface area is 207 Å². The fourth-order valence-corrected chi connectivity index (χ4v) is 5.92. The van der Waals surface area contributed by atoms with Gasteiger partial charge in [-0.05, 0) is 67.3 Å². The molecule has 3 aliphatic heterocycles. The predicted octanol–water partition coefficient (Wildman–Crippen LogP) is 3.71. The first-order valence-electron chi connectivity index (χ1n) is 12.3. The smallest absolute Gasteiger partial charge is 0.254 e. The molecular formula is C27H28F3N3O3. The summed E-state index contributed by atoms with van der Waals surface area (Å²) in [6, 6.07) is 8.02. The molecule has 6 nitrogen and oxygen atoms in total. The van der Waals surface area contributed by atoms with E-state index in [4.69, 9.17) is 5.73 Å². The van der Waals surface area contributed by atoms with Crippen LogP contribution in [0, 0.1) is 23.4 Å². The van der Waals surface area contributed by atoms with Crippen molar-refractivity contribution < 1.29 is 27.6 Å². The lowest BCUT2D eigenvalue weighted by Gasteiger charge is -2.41. The molecule has 1 unspecified atom stereocenters. The van der Waals surface area contributed by atoms with Gasteiger partial charge in [0.15, 0.2) is 11.6 Å². The van der Waals surface area contributed by atoms with Crippen molar-refractivity contribution >= 4 is 17.7 Å². The molecule has 9 heteroatoms. The van der Waals surface area contributed by atoms with Crippen molar-refractivity contribution in [2.24, 2.45) is 11.7 Å². The zero-order valence-corrected chi connectivity index (χ0v) is 19.8. The summed E-state index contributed by atoms with van der Waals surface area (Å²) in [4.78, 5) is 40.2. The van der Waals surface area contributed by atoms with Crippen LogP contribution >= 0.6 is 0 Å². The molecule has 3 heterocycles. The van der Waals surface area contributed by atoms with Gasteiger partial charge in [0.05, 0.1) is 6.54 Å². The highest BCUT2D eigenvalue weighted by Gasteiger charge is 2.44. The molecular weight excluding hydrogens is 471 g/mol. The van der Waals surface area contributed by atoms with E-state index in [1.165, 1.54) is 4.90 Å². The number of rotatable bonds is 6. The molecule has 0 saturated carbocycles. The number of hydrogen-bond acceptors (Lipinski definition) is 4. The van der Waals surface area contributed by atoms with E-state index in [2.05, 4.69) is 0 Å². The van der Waals surface area contributed by atoms with Gasteiger partial charge in [-0.25, -0.2) is 13.2 Å². The van der Waals surface area contributed by atoms with E-state index in [0.717, 1.165) is 24.5 Å². The first-order chi connectivity index (χ1) is 17.2. The van der Waals surface area contributed by atoms with Crippen LogP contribution in [0.1, 0.15) is 60.0 Å². The van der Waals surface area contributed by atoms with Gasteiger partial charge in [-0.15, -0.1) is 0 Å². The lowest BCUT2D eigenvalue weighted by atomic mass is 9.82. The predicted molar refractivity (Wildman–Crippen MR) is 125 cm³/mol. The van der Waals surface area contributed by atoms with Gasteiger partial charge in [0.25, 0.3) is 5.91 Å². The van der Waals surface area contributed by atoms with Crippen molar-refractivity contribution in [3.05, 3.63) is 70.5 Å². The Kier molecular flexibility index (Phi) is 6.59. The summed E-state index contributed by atoms with van der Waals surface area (Å²) in [5.74, 6) is -3.50. The van der Waals surface area contributed by atoms with E-state index in [0.29, 0.717) is 24.5 Å². The highest BCUT2D eigenvalue weighted by Crippen LogP contribution is 2.41. The molecule has 3 amide bonds. The molecule has 4 atom stereocenters. The molecule has 2 aromatic rings. The molecule has 36 heavy (non-hydrogen) atoms. The summed E-state index contributed by atoms with van der Waals surface area (Å²) in [5, 5.41) is 0. The Balaban J connectivity index is 1.22. The summed E-state index contributed by atoms with van der Waals surface area (Å²) in [5.41, 5.74) is 7.77. The minimum atomic E-state index is -1.22. The third-order valence-electron chi connectivity index (χ3n) is 7.85. The summed E-state index contributed by atoms with van der Waals surface area (Å²) >= 11 is 0. The van der Waals surface area contributed by atoms with Crippen LogP contribution in [0.4, 0.5) is 13.2 Å². The molecule has 2 N–H and O–H groups in total. The summed E-state index contributed by atoms with van der Waals surface area (Å²) in [6.45, 7) is 0.208. The van der Waals surface area contributed by atoms with E-state index >= 15 is 0 Å². The highest BCUT2D eigenvalue weighted by molar-refractivity contribution is 6.01. The first-order valence-corrected chi connectivity index (χ1v) is 12.3. The van der Waals surface area contributed by atoms with Crippen molar-refractivity contribution in [3.63, 3.8) is 0 Å². The van der Waals surface area contributed by atoms with Crippen LogP contribution in [-0.4, -0.2) is 45.6 Å². The minimum absolute atomic E-state index is 0.0154. The average molecular weight is 500 g/mol. The number of carbonyl (C=O) groups excluding carboxylic acids is 3. The van der Waals surface area contributed by atoms with Gasteiger partial charge in [0.2, 0.25) is 11.8 Å². The number of fused-ring (bicyclic) bond motifs is 2. The van der Waals surface area contributed by atoms with Crippen LogP contribution in [0.15, 0.2) is 36.4 Å². The molecule has 0 aromatic heterocycles. The summed E-state index contributed by atoms with van der Waals surface area (Å²) in [6.07, 6.45) is 3.65. The minimum Gasteiger partial charge on any atom is -0.333 e. The van der Waals surface area contributed by atoms with Gasteiger partial charge in [-0.1, -0.05) is 12.1 Å². The molecule has 0 radical (unpaired) electrons. The lowest BCUT2D eigenvalue weighted by Crippen LogP contribution is -2.50. The van der Waals surface area contributed by atoms with Gasteiger partial charge >= 0.3 is 0 Å². The zero-order valence-electron chi connectivity index (χ0n) is 19.8. The Hall–Kier alpha value is -3.20. The van der Waals surface area contributed by atoms with Gasteiger partial charge in [-0.3, -0.25) is 19.3 Å². The molecule has 0 aliphatic carbocycles. The van der Waals surface area contributed by atoms with Crippen LogP contribution in [0.25, 0.3) is 0 Å².